The van der Waals surface area contributed by atoms with Crippen LogP contribution >= 0.6 is 23.2 Å². The van der Waals surface area contributed by atoms with Gasteiger partial charge < -0.3 is 10.7 Å². The number of nitrogen functional groups attached to an aromatic ring is 1. The summed E-state index contributed by atoms with van der Waals surface area (Å²) >= 11 is 11.8. The van der Waals surface area contributed by atoms with E-state index in [-0.39, 0.29) is 23.4 Å². The fourth-order valence-electron chi connectivity index (χ4n) is 1.77. The quantitative estimate of drug-likeness (QED) is 0.574. The lowest BCUT2D eigenvalue weighted by molar-refractivity contribution is 0.602. The van der Waals surface area contributed by atoms with Gasteiger partial charge in [0.25, 0.3) is 0 Å². The Bertz CT molecular complexity index is 564. The molecule has 1 aliphatic rings. The molecule has 0 amide bonds. The molecule has 100 valence electrons. The Morgan fingerprint density at radius 3 is 2.56 bits per heavy atom. The number of halogens is 2. The van der Waals surface area contributed by atoms with E-state index in [2.05, 4.69) is 15.7 Å². The van der Waals surface area contributed by atoms with Crippen molar-refractivity contribution in [1.82, 2.24) is 4.98 Å². The third-order valence-electron chi connectivity index (χ3n) is 2.64. The molecule has 9 heteroatoms. The topological polar surface area (TPSA) is 97.1 Å². The van der Waals surface area contributed by atoms with Gasteiger partial charge in [-0.1, -0.05) is 23.2 Å². The van der Waals surface area contributed by atoms with Gasteiger partial charge in [-0.25, -0.2) is 19.2 Å². The van der Waals surface area contributed by atoms with E-state index in [0.29, 0.717) is 22.3 Å². The maximum Gasteiger partial charge on any atom is 0.161 e. The smallest absolute Gasteiger partial charge is 0.161 e. The molecule has 0 spiro atoms. The maximum absolute atomic E-state index is 11.3. The van der Waals surface area contributed by atoms with Crippen LogP contribution in [-0.4, -0.2) is 30.9 Å². The molecule has 18 heavy (non-hydrogen) atoms. The second-order valence-corrected chi connectivity index (χ2v) is 7.08. The Morgan fingerprint density at radius 1 is 1.33 bits per heavy atom. The first-order chi connectivity index (χ1) is 8.41. The van der Waals surface area contributed by atoms with Gasteiger partial charge in [-0.3, -0.25) is 0 Å². The highest BCUT2D eigenvalue weighted by atomic mass is 35.5. The number of sulfone groups is 1. The molecule has 4 N–H and O–H groups in total. The first-order valence-electron chi connectivity index (χ1n) is 5.21. The second kappa shape index (κ2) is 5.08. The van der Waals surface area contributed by atoms with Crippen molar-refractivity contribution in [3.8, 4) is 0 Å². The normalized spacial score (nSPS) is 21.8. The molecule has 2 rings (SSSR count). The Kier molecular flexibility index (Phi) is 3.86. The predicted molar refractivity (Wildman–Crippen MR) is 72.7 cm³/mol. The molecule has 0 aliphatic carbocycles. The molecule has 1 saturated heterocycles. The predicted octanol–water partition coefficient (Wildman–Crippen LogP) is 1.27. The zero-order valence-corrected chi connectivity index (χ0v) is 11.6. The molecule has 0 aromatic carbocycles. The summed E-state index contributed by atoms with van der Waals surface area (Å²) < 4.78 is 22.7. The molecule has 1 atom stereocenters. The van der Waals surface area contributed by atoms with Gasteiger partial charge in [-0.15, -0.1) is 0 Å². The van der Waals surface area contributed by atoms with Gasteiger partial charge in [0.05, 0.1) is 21.6 Å². The van der Waals surface area contributed by atoms with Gasteiger partial charge in [0.1, 0.15) is 5.82 Å². The molecule has 1 unspecified atom stereocenters. The van der Waals surface area contributed by atoms with Crippen molar-refractivity contribution in [1.29, 1.82) is 0 Å². The fraction of sp³-hybridized carbons (Fsp3) is 0.444. The molecular weight excluding hydrogens is 299 g/mol. The summed E-state index contributed by atoms with van der Waals surface area (Å²) in [5.41, 5.74) is 2.34. The van der Waals surface area contributed by atoms with Crippen molar-refractivity contribution in [2.75, 3.05) is 22.2 Å². The number of hydrazine groups is 1. The number of hydrogen-bond acceptors (Lipinski definition) is 6. The molecule has 0 radical (unpaired) electrons. The molecular formula is C9H12Cl2N4O2S. The van der Waals surface area contributed by atoms with Gasteiger partial charge in [0.15, 0.2) is 15.7 Å². The SMILES string of the molecule is NNc1nc(NC2CCS(=O)(=O)C2)c(Cl)cc1Cl. The van der Waals surface area contributed by atoms with E-state index in [1.807, 2.05) is 0 Å². The number of nitrogens with two attached hydrogens (primary N) is 1. The van der Waals surface area contributed by atoms with Crippen LogP contribution in [-0.2, 0) is 9.84 Å². The number of rotatable bonds is 3. The number of nitrogens with zero attached hydrogens (tertiary/aromatic N) is 1. The summed E-state index contributed by atoms with van der Waals surface area (Å²) in [6.45, 7) is 0. The number of anilines is 2. The number of pyridine rings is 1. The van der Waals surface area contributed by atoms with Gasteiger partial charge in [0.2, 0.25) is 0 Å². The lowest BCUT2D eigenvalue weighted by atomic mass is 10.2. The Hall–Kier alpha value is -0.760. The molecule has 0 saturated carbocycles. The molecule has 0 bridgehead atoms. The van der Waals surface area contributed by atoms with Crippen molar-refractivity contribution in [2.45, 2.75) is 12.5 Å². The fourth-order valence-corrected chi connectivity index (χ4v) is 3.91. The van der Waals surface area contributed by atoms with Crippen LogP contribution in [0.15, 0.2) is 6.07 Å². The van der Waals surface area contributed by atoms with E-state index in [1.54, 1.807) is 0 Å². The van der Waals surface area contributed by atoms with Gasteiger partial charge in [-0.2, -0.15) is 0 Å². The minimum Gasteiger partial charge on any atom is -0.365 e. The lowest BCUT2D eigenvalue weighted by Gasteiger charge is -2.14. The molecule has 1 fully saturated rings. The van der Waals surface area contributed by atoms with Gasteiger partial charge in [-0.05, 0) is 12.5 Å². The van der Waals surface area contributed by atoms with Gasteiger partial charge >= 0.3 is 0 Å². The molecule has 1 aliphatic heterocycles. The van der Waals surface area contributed by atoms with E-state index < -0.39 is 9.84 Å². The van der Waals surface area contributed by atoms with E-state index >= 15 is 0 Å². The van der Waals surface area contributed by atoms with Crippen molar-refractivity contribution in [3.63, 3.8) is 0 Å². The Labute approximate surface area is 115 Å². The molecule has 1 aromatic rings. The van der Waals surface area contributed by atoms with Crippen molar-refractivity contribution in [2.24, 2.45) is 5.84 Å². The number of aromatic nitrogens is 1. The van der Waals surface area contributed by atoms with Crippen LogP contribution in [0.1, 0.15) is 6.42 Å². The van der Waals surface area contributed by atoms with E-state index in [0.717, 1.165) is 0 Å². The van der Waals surface area contributed by atoms with Gasteiger partial charge in [0, 0.05) is 6.04 Å². The minimum atomic E-state index is -2.95. The van der Waals surface area contributed by atoms with E-state index in [9.17, 15) is 8.42 Å². The average molecular weight is 311 g/mol. The van der Waals surface area contributed by atoms with Crippen molar-refractivity contribution in [3.05, 3.63) is 16.1 Å². The molecule has 1 aromatic heterocycles. The molecule has 2 heterocycles. The first kappa shape index (κ1) is 13.7. The van der Waals surface area contributed by atoms with E-state index in [1.165, 1.54) is 6.07 Å². The first-order valence-corrected chi connectivity index (χ1v) is 7.78. The van der Waals surface area contributed by atoms with Crippen molar-refractivity contribution < 1.29 is 8.42 Å². The summed E-state index contributed by atoms with van der Waals surface area (Å²) in [7, 11) is -2.95. The van der Waals surface area contributed by atoms with Crippen LogP contribution in [0.2, 0.25) is 10.0 Å². The van der Waals surface area contributed by atoms with Crippen LogP contribution < -0.4 is 16.6 Å². The van der Waals surface area contributed by atoms with Crippen LogP contribution in [0, 0.1) is 0 Å². The number of nitrogens with one attached hydrogen (secondary N) is 2. The summed E-state index contributed by atoms with van der Waals surface area (Å²) in [4.78, 5) is 4.10. The molecule has 6 nitrogen and oxygen atoms in total. The monoisotopic (exact) mass is 310 g/mol. The highest BCUT2D eigenvalue weighted by molar-refractivity contribution is 7.91. The zero-order chi connectivity index (χ0) is 13.3. The minimum absolute atomic E-state index is 0.0824. The third kappa shape index (κ3) is 2.97. The van der Waals surface area contributed by atoms with Crippen LogP contribution in [0.25, 0.3) is 0 Å². The van der Waals surface area contributed by atoms with Crippen LogP contribution in [0.3, 0.4) is 0 Å². The zero-order valence-electron chi connectivity index (χ0n) is 9.28. The largest absolute Gasteiger partial charge is 0.365 e. The second-order valence-electron chi connectivity index (χ2n) is 4.04. The van der Waals surface area contributed by atoms with Crippen LogP contribution in [0.5, 0.6) is 0 Å². The summed E-state index contributed by atoms with van der Waals surface area (Å²) in [5.74, 6) is 6.17. The van der Waals surface area contributed by atoms with Crippen LogP contribution in [0.4, 0.5) is 11.6 Å². The highest BCUT2D eigenvalue weighted by Gasteiger charge is 2.28. The maximum atomic E-state index is 11.3. The Balaban J connectivity index is 2.19. The summed E-state index contributed by atoms with van der Waals surface area (Å²) in [6.07, 6.45) is 0.536. The van der Waals surface area contributed by atoms with Crippen molar-refractivity contribution >= 4 is 44.7 Å². The highest BCUT2D eigenvalue weighted by Crippen LogP contribution is 2.30. The summed E-state index contributed by atoms with van der Waals surface area (Å²) in [6, 6.07) is 1.31. The summed E-state index contributed by atoms with van der Waals surface area (Å²) in [5, 5.41) is 3.61. The lowest BCUT2D eigenvalue weighted by Crippen LogP contribution is -2.22. The Morgan fingerprint density at radius 2 is 2.00 bits per heavy atom. The average Bonchev–Trinajstić information content (AvgIpc) is 2.62. The third-order valence-corrected chi connectivity index (χ3v) is 4.98. The number of hydrogen-bond donors (Lipinski definition) is 3. The standard InChI is InChI=1S/C9H12Cl2N4O2S/c10-6-3-7(11)9(15-12)14-8(6)13-5-1-2-18(16,17)4-5/h3,5H,1-2,4,12H2,(H2,13,14,15). The van der Waals surface area contributed by atoms with E-state index in [4.69, 9.17) is 29.0 Å².